The van der Waals surface area contributed by atoms with Crippen LogP contribution in [0.5, 0.6) is 11.5 Å². The van der Waals surface area contributed by atoms with Crippen molar-refractivity contribution in [3.05, 3.63) is 71.3 Å². The summed E-state index contributed by atoms with van der Waals surface area (Å²) >= 11 is 0. The van der Waals surface area contributed by atoms with Gasteiger partial charge in [0.25, 0.3) is 5.92 Å². The zero-order valence-electron chi connectivity index (χ0n) is 12.0. The van der Waals surface area contributed by atoms with Crippen LogP contribution in [0.1, 0.15) is 18.1 Å². The summed E-state index contributed by atoms with van der Waals surface area (Å²) in [6.45, 7) is 1.41. The third-order valence-corrected chi connectivity index (χ3v) is 2.99. The Morgan fingerprint density at radius 1 is 1.13 bits per heavy atom. The molecule has 23 heavy (non-hydrogen) atoms. The number of nitriles is 1. The van der Waals surface area contributed by atoms with Gasteiger partial charge in [-0.3, -0.25) is 0 Å². The second-order valence-corrected chi connectivity index (χ2v) is 4.60. The molecule has 0 fully saturated rings. The van der Waals surface area contributed by atoms with Gasteiger partial charge in [0.2, 0.25) is 0 Å². The van der Waals surface area contributed by atoms with E-state index in [1.54, 1.807) is 6.07 Å². The summed E-state index contributed by atoms with van der Waals surface area (Å²) in [6.07, 6.45) is 1.77. The molecule has 0 saturated carbocycles. The number of nitrogens with zero attached hydrogens (tertiary/aromatic N) is 1. The maximum absolute atomic E-state index is 14.0. The van der Waals surface area contributed by atoms with Gasteiger partial charge >= 0.3 is 0 Å². The minimum Gasteiger partial charge on any atom is -0.451 e. The van der Waals surface area contributed by atoms with Crippen molar-refractivity contribution in [3.8, 4) is 17.6 Å². The van der Waals surface area contributed by atoms with E-state index in [0.717, 1.165) is 36.4 Å². The number of hydrogen-bond acceptors (Lipinski definition) is 2. The highest BCUT2D eigenvalue weighted by Gasteiger charge is 2.31. The van der Waals surface area contributed by atoms with Gasteiger partial charge in [0.1, 0.15) is 5.75 Å². The number of benzene rings is 2. The zero-order chi connectivity index (χ0) is 17.0. The van der Waals surface area contributed by atoms with Gasteiger partial charge in [-0.2, -0.15) is 14.0 Å². The minimum absolute atomic E-state index is 0.202. The third-order valence-electron chi connectivity index (χ3n) is 2.99. The summed E-state index contributed by atoms with van der Waals surface area (Å²) < 4.78 is 60.2. The molecule has 0 amide bonds. The predicted octanol–water partition coefficient (Wildman–Crippen LogP) is 5.30. The van der Waals surface area contributed by atoms with Crippen LogP contribution in [0, 0.1) is 23.0 Å². The van der Waals surface area contributed by atoms with Crippen molar-refractivity contribution in [1.29, 1.82) is 5.26 Å². The molecule has 0 atom stereocenters. The average Bonchev–Trinajstić information content (AvgIpc) is 2.51. The SMILES string of the molecule is C/C=C/C(F)(F)c1cc(Oc2c(F)cccc2F)ccc1C#N. The molecule has 0 unspecified atom stereocenters. The molecule has 0 radical (unpaired) electrons. The first-order valence-corrected chi connectivity index (χ1v) is 6.57. The molecule has 2 nitrogen and oxygen atoms in total. The fourth-order valence-corrected chi connectivity index (χ4v) is 1.96. The number of allylic oxidation sites excluding steroid dienone is 2. The predicted molar refractivity (Wildman–Crippen MR) is 76.3 cm³/mol. The van der Waals surface area contributed by atoms with Gasteiger partial charge in [-0.1, -0.05) is 12.1 Å². The molecule has 118 valence electrons. The monoisotopic (exact) mass is 321 g/mol. The van der Waals surface area contributed by atoms with E-state index in [2.05, 4.69) is 0 Å². The highest BCUT2D eigenvalue weighted by Crippen LogP contribution is 2.36. The molecule has 0 aliphatic heterocycles. The number of hydrogen-bond donors (Lipinski definition) is 0. The van der Waals surface area contributed by atoms with Crippen LogP contribution in [0.2, 0.25) is 0 Å². The van der Waals surface area contributed by atoms with Gasteiger partial charge in [0.05, 0.1) is 11.6 Å². The second kappa shape index (κ2) is 6.53. The first-order valence-electron chi connectivity index (χ1n) is 6.57. The van der Waals surface area contributed by atoms with E-state index in [4.69, 9.17) is 10.00 Å². The van der Waals surface area contributed by atoms with Crippen molar-refractivity contribution in [3.63, 3.8) is 0 Å². The van der Waals surface area contributed by atoms with E-state index in [1.165, 1.54) is 13.0 Å². The summed E-state index contributed by atoms with van der Waals surface area (Å²) in [7, 11) is 0. The number of alkyl halides is 2. The average molecular weight is 321 g/mol. The maximum atomic E-state index is 14.0. The van der Waals surface area contributed by atoms with Crippen LogP contribution in [0.3, 0.4) is 0 Å². The highest BCUT2D eigenvalue weighted by atomic mass is 19.3. The lowest BCUT2D eigenvalue weighted by Crippen LogP contribution is -2.12. The largest absolute Gasteiger partial charge is 0.451 e. The van der Waals surface area contributed by atoms with Crippen molar-refractivity contribution < 1.29 is 22.3 Å². The molecule has 2 aromatic rings. The van der Waals surface area contributed by atoms with Crippen LogP contribution in [0.4, 0.5) is 17.6 Å². The Balaban J connectivity index is 2.49. The molecular weight excluding hydrogens is 310 g/mol. The normalized spacial score (nSPS) is 11.5. The Morgan fingerprint density at radius 2 is 1.78 bits per heavy atom. The minimum atomic E-state index is -3.41. The van der Waals surface area contributed by atoms with Crippen LogP contribution in [-0.2, 0) is 5.92 Å². The van der Waals surface area contributed by atoms with Gasteiger partial charge in [0, 0.05) is 5.56 Å². The lowest BCUT2D eigenvalue weighted by atomic mass is 10.0. The molecule has 0 aliphatic carbocycles. The Bertz CT molecular complexity index is 773. The lowest BCUT2D eigenvalue weighted by molar-refractivity contribution is 0.0515. The Morgan fingerprint density at radius 3 is 2.35 bits per heavy atom. The molecule has 0 N–H and O–H groups in total. The molecule has 0 spiro atoms. The number of ether oxygens (including phenoxy) is 1. The van der Waals surface area contributed by atoms with Gasteiger partial charge in [-0.05, 0) is 43.3 Å². The molecule has 0 heterocycles. The molecule has 0 aliphatic rings. The summed E-state index contributed by atoms with van der Waals surface area (Å²) in [6, 6.07) is 7.98. The van der Waals surface area contributed by atoms with Gasteiger partial charge in [-0.25, -0.2) is 8.78 Å². The van der Waals surface area contributed by atoms with Crippen LogP contribution in [0.15, 0.2) is 48.6 Å². The number of para-hydroxylation sites is 1. The Hall–Kier alpha value is -2.81. The molecule has 2 rings (SSSR count). The molecular formula is C17H11F4NO. The zero-order valence-corrected chi connectivity index (χ0v) is 12.0. The van der Waals surface area contributed by atoms with Crippen molar-refractivity contribution in [1.82, 2.24) is 0 Å². The van der Waals surface area contributed by atoms with Gasteiger partial charge in [0.15, 0.2) is 17.4 Å². The van der Waals surface area contributed by atoms with E-state index >= 15 is 0 Å². The second-order valence-electron chi connectivity index (χ2n) is 4.60. The standard InChI is InChI=1S/C17H11F4NO/c1-2-8-17(20,21)13-9-12(7-6-11(13)10-22)23-16-14(18)4-3-5-15(16)19/h2-9H,1H3/b8-2+. The van der Waals surface area contributed by atoms with Gasteiger partial charge < -0.3 is 4.74 Å². The van der Waals surface area contributed by atoms with Crippen LogP contribution in [0.25, 0.3) is 0 Å². The molecule has 2 aromatic carbocycles. The van der Waals surface area contributed by atoms with E-state index in [-0.39, 0.29) is 11.3 Å². The fourth-order valence-electron chi connectivity index (χ4n) is 1.96. The smallest absolute Gasteiger partial charge is 0.293 e. The van der Waals surface area contributed by atoms with Crippen molar-refractivity contribution in [2.24, 2.45) is 0 Å². The van der Waals surface area contributed by atoms with Crippen molar-refractivity contribution in [2.45, 2.75) is 12.8 Å². The van der Waals surface area contributed by atoms with Crippen LogP contribution in [-0.4, -0.2) is 0 Å². The van der Waals surface area contributed by atoms with Crippen LogP contribution < -0.4 is 4.74 Å². The first kappa shape index (κ1) is 16.6. The van der Waals surface area contributed by atoms with E-state index < -0.39 is 28.9 Å². The summed E-state index contributed by atoms with van der Waals surface area (Å²) in [5, 5.41) is 8.95. The topological polar surface area (TPSA) is 33.0 Å². The fraction of sp³-hybridized carbons (Fsp3) is 0.118. The number of halogens is 4. The summed E-state index contributed by atoms with van der Waals surface area (Å²) in [5.41, 5.74) is -0.859. The molecule has 0 aromatic heterocycles. The molecule has 6 heteroatoms. The van der Waals surface area contributed by atoms with Crippen LogP contribution >= 0.6 is 0 Å². The van der Waals surface area contributed by atoms with Crippen molar-refractivity contribution >= 4 is 0 Å². The number of rotatable bonds is 4. The van der Waals surface area contributed by atoms with E-state index in [9.17, 15) is 17.6 Å². The first-order chi connectivity index (χ1) is 10.9. The lowest BCUT2D eigenvalue weighted by Gasteiger charge is -2.15. The highest BCUT2D eigenvalue weighted by molar-refractivity contribution is 5.47. The molecule has 0 saturated heterocycles. The Kier molecular flexibility index (Phi) is 4.70. The van der Waals surface area contributed by atoms with Gasteiger partial charge in [-0.15, -0.1) is 0 Å². The summed E-state index contributed by atoms with van der Waals surface area (Å²) in [5.74, 6) is -6.23. The van der Waals surface area contributed by atoms with Crippen molar-refractivity contribution in [2.75, 3.05) is 0 Å². The molecule has 0 bridgehead atoms. The third kappa shape index (κ3) is 3.51. The van der Waals surface area contributed by atoms with E-state index in [1.807, 2.05) is 0 Å². The maximum Gasteiger partial charge on any atom is 0.293 e. The Labute approximate surface area is 130 Å². The van der Waals surface area contributed by atoms with E-state index in [0.29, 0.717) is 6.08 Å². The summed E-state index contributed by atoms with van der Waals surface area (Å²) in [4.78, 5) is 0. The quantitative estimate of drug-likeness (QED) is 0.566.